The molecule has 0 aliphatic carbocycles. The first-order chi connectivity index (χ1) is 17.0. The van der Waals surface area contributed by atoms with Gasteiger partial charge >= 0.3 is 0 Å². The zero-order chi connectivity index (χ0) is 24.0. The summed E-state index contributed by atoms with van der Waals surface area (Å²) in [5.41, 5.74) is 2.50. The highest BCUT2D eigenvalue weighted by atomic mass is 32.2. The molecule has 1 fully saturated rings. The summed E-state index contributed by atoms with van der Waals surface area (Å²) in [6.45, 7) is 3.30. The summed E-state index contributed by atoms with van der Waals surface area (Å²) in [4.78, 5) is 7.46. The highest BCUT2D eigenvalue weighted by molar-refractivity contribution is 7.89. The second-order valence-corrected chi connectivity index (χ2v) is 10.6. The van der Waals surface area contributed by atoms with Gasteiger partial charge in [-0.05, 0) is 31.2 Å². The number of hydrogen-bond donors (Lipinski definition) is 0. The van der Waals surface area contributed by atoms with Crippen molar-refractivity contribution in [2.24, 2.45) is 0 Å². The quantitative estimate of drug-likeness (QED) is 0.385. The van der Waals surface area contributed by atoms with Crippen molar-refractivity contribution < 1.29 is 8.42 Å². The molecule has 0 radical (unpaired) electrons. The average molecular weight is 485 g/mol. The van der Waals surface area contributed by atoms with Crippen LogP contribution < -0.4 is 4.90 Å². The lowest BCUT2D eigenvalue weighted by atomic mass is 10.2. The highest BCUT2D eigenvalue weighted by Crippen LogP contribution is 2.30. The Labute approximate surface area is 203 Å². The van der Waals surface area contributed by atoms with Gasteiger partial charge in [0.1, 0.15) is 0 Å². The lowest BCUT2D eigenvalue weighted by molar-refractivity contribution is 0.304. The molecule has 176 valence electrons. The van der Waals surface area contributed by atoms with Crippen LogP contribution in [0.25, 0.3) is 27.9 Å². The number of hydrogen-bond acceptors (Lipinski definition) is 6. The molecule has 0 saturated carbocycles. The molecule has 0 bridgehead atoms. The third kappa shape index (κ3) is 3.64. The minimum Gasteiger partial charge on any atom is -0.339 e. The van der Waals surface area contributed by atoms with E-state index >= 15 is 0 Å². The van der Waals surface area contributed by atoms with Crippen LogP contribution in [0, 0.1) is 0 Å². The molecule has 1 saturated heterocycles. The van der Waals surface area contributed by atoms with Gasteiger partial charge < -0.3 is 4.90 Å². The van der Waals surface area contributed by atoms with Gasteiger partial charge in [0, 0.05) is 36.6 Å². The molecular formula is C26H24N6O2S. The van der Waals surface area contributed by atoms with Gasteiger partial charge in [-0.3, -0.25) is 0 Å². The smallest absolute Gasteiger partial charge is 0.243 e. The SMILES string of the molecule is CC1CN(c2nc3ccccc3c3nnc(-c4ccccc4)n23)CCN1S(=O)(=O)c1ccccc1. The average Bonchev–Trinajstić information content (AvgIpc) is 3.35. The summed E-state index contributed by atoms with van der Waals surface area (Å²) in [6, 6.07) is 26.2. The number of para-hydroxylation sites is 1. The van der Waals surface area contributed by atoms with Crippen LogP contribution in [-0.2, 0) is 10.0 Å². The van der Waals surface area contributed by atoms with Crippen LogP contribution in [0.3, 0.4) is 0 Å². The summed E-state index contributed by atoms with van der Waals surface area (Å²) in [6.07, 6.45) is 0. The Balaban J connectivity index is 1.44. The van der Waals surface area contributed by atoms with E-state index in [0.29, 0.717) is 36.3 Å². The summed E-state index contributed by atoms with van der Waals surface area (Å²) in [5.74, 6) is 1.42. The van der Waals surface area contributed by atoms with Crippen LogP contribution in [0.2, 0.25) is 0 Å². The fourth-order valence-electron chi connectivity index (χ4n) is 4.76. The van der Waals surface area contributed by atoms with Gasteiger partial charge in [0.05, 0.1) is 10.4 Å². The van der Waals surface area contributed by atoms with Crippen molar-refractivity contribution in [2.75, 3.05) is 24.5 Å². The molecule has 0 amide bonds. The molecule has 1 aliphatic rings. The molecule has 0 N–H and O–H groups in total. The van der Waals surface area contributed by atoms with Crippen LogP contribution in [0.15, 0.2) is 89.8 Å². The van der Waals surface area contributed by atoms with Crippen molar-refractivity contribution in [3.8, 4) is 11.4 Å². The second-order valence-electron chi connectivity index (χ2n) is 8.70. The highest BCUT2D eigenvalue weighted by Gasteiger charge is 2.35. The molecule has 6 rings (SSSR count). The Bertz CT molecular complexity index is 1620. The van der Waals surface area contributed by atoms with E-state index in [1.54, 1.807) is 28.6 Å². The number of sulfonamides is 1. The molecule has 35 heavy (non-hydrogen) atoms. The number of nitrogens with zero attached hydrogens (tertiary/aromatic N) is 6. The number of aromatic nitrogens is 4. The molecule has 9 heteroatoms. The lowest BCUT2D eigenvalue weighted by Gasteiger charge is -2.39. The molecule has 1 unspecified atom stereocenters. The summed E-state index contributed by atoms with van der Waals surface area (Å²) in [7, 11) is -3.58. The predicted molar refractivity (Wildman–Crippen MR) is 136 cm³/mol. The summed E-state index contributed by atoms with van der Waals surface area (Å²) < 4.78 is 30.2. The van der Waals surface area contributed by atoms with Crippen LogP contribution in [0.4, 0.5) is 5.95 Å². The molecular weight excluding hydrogens is 460 g/mol. The number of piperazine rings is 1. The lowest BCUT2D eigenvalue weighted by Crippen LogP contribution is -2.54. The number of benzene rings is 3. The molecule has 1 atom stereocenters. The monoisotopic (exact) mass is 484 g/mol. The Hall–Kier alpha value is -3.82. The molecule has 0 spiro atoms. The third-order valence-electron chi connectivity index (χ3n) is 6.46. The first kappa shape index (κ1) is 21.7. The van der Waals surface area contributed by atoms with Gasteiger partial charge in [0.2, 0.25) is 16.0 Å². The predicted octanol–water partition coefficient (Wildman–Crippen LogP) is 3.84. The number of fused-ring (bicyclic) bond motifs is 3. The molecule has 3 heterocycles. The Morgan fingerprint density at radius 1 is 0.829 bits per heavy atom. The maximum absolute atomic E-state index is 13.3. The van der Waals surface area contributed by atoms with Gasteiger partial charge in [0.15, 0.2) is 11.5 Å². The van der Waals surface area contributed by atoms with Crippen LogP contribution in [0.5, 0.6) is 0 Å². The topological polar surface area (TPSA) is 83.7 Å². The van der Waals surface area contributed by atoms with E-state index in [2.05, 4.69) is 15.1 Å². The van der Waals surface area contributed by atoms with Crippen molar-refractivity contribution in [3.05, 3.63) is 84.9 Å². The normalized spacial score (nSPS) is 17.3. The van der Waals surface area contributed by atoms with E-state index in [4.69, 9.17) is 4.98 Å². The minimum absolute atomic E-state index is 0.242. The maximum Gasteiger partial charge on any atom is 0.243 e. The van der Waals surface area contributed by atoms with Gasteiger partial charge in [-0.25, -0.2) is 17.8 Å². The van der Waals surface area contributed by atoms with Crippen molar-refractivity contribution in [2.45, 2.75) is 17.9 Å². The molecule has 8 nitrogen and oxygen atoms in total. The van der Waals surface area contributed by atoms with Crippen molar-refractivity contribution >= 4 is 32.5 Å². The van der Waals surface area contributed by atoms with E-state index in [9.17, 15) is 8.42 Å². The van der Waals surface area contributed by atoms with Gasteiger partial charge in [-0.1, -0.05) is 60.7 Å². The largest absolute Gasteiger partial charge is 0.339 e. The van der Waals surface area contributed by atoms with Gasteiger partial charge in [-0.15, -0.1) is 10.2 Å². The van der Waals surface area contributed by atoms with Gasteiger partial charge in [-0.2, -0.15) is 4.31 Å². The first-order valence-corrected chi connectivity index (χ1v) is 13.0. The van der Waals surface area contributed by atoms with E-state index in [1.165, 1.54) is 0 Å². The molecule has 3 aromatic carbocycles. The molecule has 5 aromatic rings. The summed E-state index contributed by atoms with van der Waals surface area (Å²) in [5, 5.41) is 9.98. The van der Waals surface area contributed by atoms with Crippen molar-refractivity contribution in [1.29, 1.82) is 0 Å². The van der Waals surface area contributed by atoms with E-state index in [0.717, 1.165) is 22.1 Å². The van der Waals surface area contributed by atoms with Crippen LogP contribution in [0.1, 0.15) is 6.92 Å². The van der Waals surface area contributed by atoms with E-state index in [-0.39, 0.29) is 6.04 Å². The Morgan fingerprint density at radius 3 is 2.26 bits per heavy atom. The minimum atomic E-state index is -3.58. The van der Waals surface area contributed by atoms with Gasteiger partial charge in [0.25, 0.3) is 0 Å². The third-order valence-corrected chi connectivity index (χ3v) is 8.49. The Morgan fingerprint density at radius 2 is 1.51 bits per heavy atom. The number of anilines is 1. The molecule has 1 aliphatic heterocycles. The van der Waals surface area contributed by atoms with Crippen molar-refractivity contribution in [3.63, 3.8) is 0 Å². The summed E-state index contributed by atoms with van der Waals surface area (Å²) >= 11 is 0. The van der Waals surface area contributed by atoms with E-state index in [1.807, 2.05) is 72.0 Å². The first-order valence-electron chi connectivity index (χ1n) is 11.6. The standard InChI is InChI=1S/C26H24N6O2S/c1-19-18-30(16-17-31(19)35(33,34)21-12-6-3-7-13-21)26-27-23-15-9-8-14-22(23)25-29-28-24(32(25)26)20-10-4-2-5-11-20/h2-15,19H,16-18H2,1H3. The van der Waals surface area contributed by atoms with Crippen LogP contribution in [-0.4, -0.2) is 58.0 Å². The number of rotatable bonds is 4. The second kappa shape index (κ2) is 8.44. The Kier molecular flexibility index (Phi) is 5.23. The van der Waals surface area contributed by atoms with Crippen molar-refractivity contribution in [1.82, 2.24) is 23.9 Å². The fraction of sp³-hybridized carbons (Fsp3) is 0.192. The fourth-order valence-corrected chi connectivity index (χ4v) is 6.39. The van der Waals surface area contributed by atoms with E-state index < -0.39 is 10.0 Å². The van der Waals surface area contributed by atoms with Crippen LogP contribution >= 0.6 is 0 Å². The zero-order valence-electron chi connectivity index (χ0n) is 19.2. The maximum atomic E-state index is 13.3. The zero-order valence-corrected chi connectivity index (χ0v) is 20.0. The molecule has 2 aromatic heterocycles.